The molecule has 1 rings (SSSR count). The second kappa shape index (κ2) is 7.74. The zero-order chi connectivity index (χ0) is 15.0. The molecule has 0 saturated heterocycles. The van der Waals surface area contributed by atoms with E-state index in [2.05, 4.69) is 9.89 Å². The number of hydrogen-bond donors (Lipinski definition) is 1. The summed E-state index contributed by atoms with van der Waals surface area (Å²) < 4.78 is 45.4. The van der Waals surface area contributed by atoms with Crippen LogP contribution in [0.4, 0.5) is 13.2 Å². The van der Waals surface area contributed by atoms with Gasteiger partial charge in [0, 0.05) is 5.56 Å². The SMILES string of the molecule is CCC(=NO)c1ccccc1OCCOCC(F)(F)F. The maximum atomic E-state index is 11.9. The van der Waals surface area contributed by atoms with Crippen LogP contribution in [0.2, 0.25) is 0 Å². The molecule has 0 heterocycles. The predicted octanol–water partition coefficient (Wildman–Crippen LogP) is 3.23. The highest BCUT2D eigenvalue weighted by Gasteiger charge is 2.27. The summed E-state index contributed by atoms with van der Waals surface area (Å²) >= 11 is 0. The standard InChI is InChI=1S/C13H16F3NO3/c1-2-11(17-18)10-5-3-4-6-12(10)20-8-7-19-9-13(14,15)16/h3-6,18H,2,7-9H2,1H3. The van der Waals surface area contributed by atoms with E-state index >= 15 is 0 Å². The van der Waals surface area contributed by atoms with Gasteiger partial charge in [-0.1, -0.05) is 24.2 Å². The molecule has 0 unspecified atom stereocenters. The van der Waals surface area contributed by atoms with Crippen molar-refractivity contribution in [2.45, 2.75) is 19.5 Å². The molecule has 4 nitrogen and oxygen atoms in total. The molecule has 1 N–H and O–H groups in total. The van der Waals surface area contributed by atoms with Crippen LogP contribution in [-0.4, -0.2) is 36.9 Å². The van der Waals surface area contributed by atoms with E-state index in [0.29, 0.717) is 23.4 Å². The minimum atomic E-state index is -4.34. The summed E-state index contributed by atoms with van der Waals surface area (Å²) in [7, 11) is 0. The highest BCUT2D eigenvalue weighted by Crippen LogP contribution is 2.20. The van der Waals surface area contributed by atoms with Crippen molar-refractivity contribution < 1.29 is 27.9 Å². The number of rotatable bonds is 7. The number of alkyl halides is 3. The molecule has 0 bridgehead atoms. The number of benzene rings is 1. The van der Waals surface area contributed by atoms with Crippen LogP contribution in [0.1, 0.15) is 18.9 Å². The lowest BCUT2D eigenvalue weighted by Gasteiger charge is -2.12. The third kappa shape index (κ3) is 5.48. The van der Waals surface area contributed by atoms with Crippen molar-refractivity contribution >= 4 is 5.71 Å². The Balaban J connectivity index is 2.52. The summed E-state index contributed by atoms with van der Waals surface area (Å²) in [5, 5.41) is 12.1. The molecule has 0 radical (unpaired) electrons. The highest BCUT2D eigenvalue weighted by atomic mass is 19.4. The Kier molecular flexibility index (Phi) is 6.30. The lowest BCUT2D eigenvalue weighted by molar-refractivity contribution is -0.175. The Hall–Kier alpha value is -1.76. The van der Waals surface area contributed by atoms with Crippen LogP contribution in [0, 0.1) is 0 Å². The monoisotopic (exact) mass is 291 g/mol. The first kappa shape index (κ1) is 16.3. The second-order valence-electron chi connectivity index (χ2n) is 3.91. The van der Waals surface area contributed by atoms with Crippen molar-refractivity contribution in [1.82, 2.24) is 0 Å². The number of nitrogens with zero attached hydrogens (tertiary/aromatic N) is 1. The number of halogens is 3. The molecule has 0 amide bonds. The molecule has 0 aliphatic heterocycles. The maximum Gasteiger partial charge on any atom is 0.411 e. The zero-order valence-electron chi connectivity index (χ0n) is 11.0. The summed E-state index contributed by atoms with van der Waals surface area (Å²) in [4.78, 5) is 0. The Labute approximate surface area is 114 Å². The van der Waals surface area contributed by atoms with E-state index in [9.17, 15) is 13.2 Å². The van der Waals surface area contributed by atoms with Crippen LogP contribution in [0.15, 0.2) is 29.4 Å². The number of oxime groups is 1. The van der Waals surface area contributed by atoms with Gasteiger partial charge < -0.3 is 14.7 Å². The molecule has 0 atom stereocenters. The number of hydrogen-bond acceptors (Lipinski definition) is 4. The fourth-order valence-corrected chi connectivity index (χ4v) is 1.54. The van der Waals surface area contributed by atoms with Gasteiger partial charge in [-0.3, -0.25) is 0 Å². The molecule has 0 aromatic heterocycles. The third-order valence-corrected chi connectivity index (χ3v) is 2.40. The molecule has 7 heteroatoms. The molecule has 0 aliphatic carbocycles. The first-order valence-corrected chi connectivity index (χ1v) is 6.05. The Morgan fingerprint density at radius 3 is 2.55 bits per heavy atom. The maximum absolute atomic E-state index is 11.9. The zero-order valence-corrected chi connectivity index (χ0v) is 11.0. The van der Waals surface area contributed by atoms with E-state index in [1.807, 2.05) is 6.92 Å². The molecule has 1 aromatic carbocycles. The molecular weight excluding hydrogens is 275 g/mol. The smallest absolute Gasteiger partial charge is 0.411 e. The van der Waals surface area contributed by atoms with Crippen LogP contribution < -0.4 is 4.74 Å². The van der Waals surface area contributed by atoms with Crippen molar-refractivity contribution in [2.75, 3.05) is 19.8 Å². The fourth-order valence-electron chi connectivity index (χ4n) is 1.54. The van der Waals surface area contributed by atoms with Crippen LogP contribution in [0.25, 0.3) is 0 Å². The minimum absolute atomic E-state index is 0.0183. The van der Waals surface area contributed by atoms with Gasteiger partial charge in [0.15, 0.2) is 0 Å². The van der Waals surface area contributed by atoms with E-state index in [0.717, 1.165) is 0 Å². The normalized spacial score (nSPS) is 12.5. The van der Waals surface area contributed by atoms with E-state index in [1.165, 1.54) is 0 Å². The number of para-hydroxylation sites is 1. The predicted molar refractivity (Wildman–Crippen MR) is 67.4 cm³/mol. The van der Waals surface area contributed by atoms with Gasteiger partial charge in [0.05, 0.1) is 12.3 Å². The van der Waals surface area contributed by atoms with Crippen molar-refractivity contribution in [2.24, 2.45) is 5.16 Å². The van der Waals surface area contributed by atoms with Gasteiger partial charge in [0.1, 0.15) is 19.0 Å². The Morgan fingerprint density at radius 2 is 1.95 bits per heavy atom. The molecular formula is C13H16F3NO3. The van der Waals surface area contributed by atoms with E-state index in [1.54, 1.807) is 24.3 Å². The van der Waals surface area contributed by atoms with Gasteiger partial charge in [-0.05, 0) is 18.6 Å². The fraction of sp³-hybridized carbons (Fsp3) is 0.462. The molecule has 112 valence electrons. The summed E-state index contributed by atoms with van der Waals surface area (Å²) in [5.41, 5.74) is 1.05. The van der Waals surface area contributed by atoms with Gasteiger partial charge in [0.25, 0.3) is 0 Å². The molecule has 0 saturated carbocycles. The van der Waals surface area contributed by atoms with E-state index in [4.69, 9.17) is 9.94 Å². The molecule has 1 aromatic rings. The van der Waals surface area contributed by atoms with Crippen molar-refractivity contribution in [1.29, 1.82) is 0 Å². The van der Waals surface area contributed by atoms with Crippen molar-refractivity contribution in [3.05, 3.63) is 29.8 Å². The molecule has 0 fully saturated rings. The molecule has 0 aliphatic rings. The van der Waals surface area contributed by atoms with Crippen molar-refractivity contribution in [3.63, 3.8) is 0 Å². The molecule has 0 spiro atoms. The minimum Gasteiger partial charge on any atom is -0.490 e. The van der Waals surface area contributed by atoms with Crippen LogP contribution in [0.5, 0.6) is 5.75 Å². The van der Waals surface area contributed by atoms with Gasteiger partial charge in [-0.25, -0.2) is 0 Å². The largest absolute Gasteiger partial charge is 0.490 e. The second-order valence-corrected chi connectivity index (χ2v) is 3.91. The van der Waals surface area contributed by atoms with E-state index in [-0.39, 0.29) is 13.2 Å². The number of ether oxygens (including phenoxy) is 2. The first-order valence-electron chi connectivity index (χ1n) is 6.05. The summed E-state index contributed by atoms with van der Waals surface area (Å²) in [6, 6.07) is 6.84. The quantitative estimate of drug-likeness (QED) is 0.363. The Bertz CT molecular complexity index is 447. The summed E-state index contributed by atoms with van der Waals surface area (Å²) in [6.07, 6.45) is -3.84. The topological polar surface area (TPSA) is 51.1 Å². The average molecular weight is 291 g/mol. The van der Waals surface area contributed by atoms with E-state index < -0.39 is 12.8 Å². The average Bonchev–Trinajstić information content (AvgIpc) is 2.40. The third-order valence-electron chi connectivity index (χ3n) is 2.40. The summed E-state index contributed by atoms with van der Waals surface area (Å²) in [5.74, 6) is 0.442. The van der Waals surface area contributed by atoms with Gasteiger partial charge in [0.2, 0.25) is 0 Å². The van der Waals surface area contributed by atoms with Gasteiger partial charge in [-0.15, -0.1) is 0 Å². The van der Waals surface area contributed by atoms with Crippen LogP contribution >= 0.6 is 0 Å². The lowest BCUT2D eigenvalue weighted by atomic mass is 10.1. The van der Waals surface area contributed by atoms with Gasteiger partial charge >= 0.3 is 6.18 Å². The van der Waals surface area contributed by atoms with Crippen molar-refractivity contribution in [3.8, 4) is 5.75 Å². The van der Waals surface area contributed by atoms with Crippen LogP contribution in [0.3, 0.4) is 0 Å². The van der Waals surface area contributed by atoms with Crippen LogP contribution in [-0.2, 0) is 4.74 Å². The highest BCUT2D eigenvalue weighted by molar-refractivity contribution is 6.02. The lowest BCUT2D eigenvalue weighted by Crippen LogP contribution is -2.19. The Morgan fingerprint density at radius 1 is 1.25 bits per heavy atom. The summed E-state index contributed by atoms with van der Waals surface area (Å²) in [6.45, 7) is 0.329. The first-order chi connectivity index (χ1) is 9.48. The van der Waals surface area contributed by atoms with Gasteiger partial charge in [-0.2, -0.15) is 13.2 Å². The molecule has 20 heavy (non-hydrogen) atoms.